The first kappa shape index (κ1) is 13.2. The van der Waals surface area contributed by atoms with Crippen LogP contribution in [0.5, 0.6) is 0 Å². The van der Waals surface area contributed by atoms with E-state index in [4.69, 9.17) is 5.73 Å². The number of nitrogens with zero attached hydrogens (tertiary/aromatic N) is 1. The summed E-state index contributed by atoms with van der Waals surface area (Å²) in [6.45, 7) is 1.94. The van der Waals surface area contributed by atoms with E-state index >= 15 is 0 Å². The Morgan fingerprint density at radius 2 is 1.84 bits per heavy atom. The van der Waals surface area contributed by atoms with Crippen LogP contribution >= 0.6 is 0 Å². The minimum absolute atomic E-state index is 0.0136. The molecule has 0 aliphatic heterocycles. The van der Waals surface area contributed by atoms with Crippen LogP contribution in [-0.4, -0.2) is 10.9 Å². The molecule has 2 aromatic rings. The van der Waals surface area contributed by atoms with E-state index in [0.717, 1.165) is 16.8 Å². The van der Waals surface area contributed by atoms with Gasteiger partial charge in [0.2, 0.25) is 5.91 Å². The molecule has 4 heteroatoms. The summed E-state index contributed by atoms with van der Waals surface area (Å²) in [6, 6.07) is 11.3. The smallest absolute Gasteiger partial charge is 0.228 e. The van der Waals surface area contributed by atoms with Crippen molar-refractivity contribution >= 4 is 11.6 Å². The Balaban J connectivity index is 1.95. The first-order valence-electron chi connectivity index (χ1n) is 6.19. The zero-order valence-electron chi connectivity index (χ0n) is 10.8. The normalized spacial score (nSPS) is 11.9. The molecule has 0 aliphatic carbocycles. The van der Waals surface area contributed by atoms with E-state index in [1.54, 1.807) is 24.5 Å². The highest BCUT2D eigenvalue weighted by Crippen LogP contribution is 2.12. The lowest BCUT2D eigenvalue weighted by atomic mass is 10.1. The van der Waals surface area contributed by atoms with Crippen LogP contribution in [0.4, 0.5) is 5.69 Å². The molecule has 1 atom stereocenters. The highest BCUT2D eigenvalue weighted by molar-refractivity contribution is 5.92. The van der Waals surface area contributed by atoms with Gasteiger partial charge in [0.05, 0.1) is 6.42 Å². The van der Waals surface area contributed by atoms with E-state index in [9.17, 15) is 4.79 Å². The minimum Gasteiger partial charge on any atom is -0.326 e. The van der Waals surface area contributed by atoms with Gasteiger partial charge in [-0.05, 0) is 30.2 Å². The molecule has 0 spiro atoms. The SMILES string of the molecule is C[C@@H](N)c1ccc(CC(=O)Nc2ccncc2)cc1. The maximum atomic E-state index is 11.8. The predicted molar refractivity (Wildman–Crippen MR) is 75.6 cm³/mol. The molecular weight excluding hydrogens is 238 g/mol. The number of hydrogen-bond donors (Lipinski definition) is 2. The maximum Gasteiger partial charge on any atom is 0.228 e. The molecule has 0 radical (unpaired) electrons. The first-order chi connectivity index (χ1) is 9.15. The zero-order chi connectivity index (χ0) is 13.7. The fourth-order valence-corrected chi connectivity index (χ4v) is 1.76. The van der Waals surface area contributed by atoms with Crippen molar-refractivity contribution in [1.29, 1.82) is 0 Å². The summed E-state index contributed by atoms with van der Waals surface area (Å²) in [7, 11) is 0. The lowest BCUT2D eigenvalue weighted by Crippen LogP contribution is -2.14. The average Bonchev–Trinajstić information content (AvgIpc) is 2.40. The Bertz CT molecular complexity index is 535. The number of carbonyl (C=O) groups excluding carboxylic acids is 1. The molecule has 2 rings (SSSR count). The van der Waals surface area contributed by atoms with E-state index in [-0.39, 0.29) is 11.9 Å². The van der Waals surface area contributed by atoms with Gasteiger partial charge in [0.15, 0.2) is 0 Å². The number of anilines is 1. The van der Waals surface area contributed by atoms with Gasteiger partial charge in [-0.15, -0.1) is 0 Å². The lowest BCUT2D eigenvalue weighted by Gasteiger charge is -2.07. The molecule has 1 aromatic carbocycles. The van der Waals surface area contributed by atoms with Crippen molar-refractivity contribution in [3.8, 4) is 0 Å². The number of benzene rings is 1. The van der Waals surface area contributed by atoms with Gasteiger partial charge in [-0.25, -0.2) is 0 Å². The monoisotopic (exact) mass is 255 g/mol. The Labute approximate surface area is 112 Å². The number of carbonyl (C=O) groups is 1. The summed E-state index contributed by atoms with van der Waals surface area (Å²) < 4.78 is 0. The van der Waals surface area contributed by atoms with Crippen molar-refractivity contribution < 1.29 is 4.79 Å². The van der Waals surface area contributed by atoms with Crippen LogP contribution in [0.1, 0.15) is 24.1 Å². The van der Waals surface area contributed by atoms with Crippen LogP contribution in [0.2, 0.25) is 0 Å². The molecule has 3 N–H and O–H groups in total. The van der Waals surface area contributed by atoms with Gasteiger partial charge in [-0.2, -0.15) is 0 Å². The standard InChI is InChI=1S/C15H17N3O/c1-11(16)13-4-2-12(3-5-13)10-15(19)18-14-6-8-17-9-7-14/h2-9,11H,10,16H2,1H3,(H,17,18,19)/t11-/m1/s1. The fraction of sp³-hybridized carbons (Fsp3) is 0.200. The number of nitrogens with one attached hydrogen (secondary N) is 1. The van der Waals surface area contributed by atoms with Crippen molar-refractivity contribution in [2.75, 3.05) is 5.32 Å². The Morgan fingerprint density at radius 3 is 2.42 bits per heavy atom. The van der Waals surface area contributed by atoms with Gasteiger partial charge in [0.25, 0.3) is 0 Å². The Morgan fingerprint density at radius 1 is 1.21 bits per heavy atom. The third kappa shape index (κ3) is 3.89. The summed E-state index contributed by atoms with van der Waals surface area (Å²) in [5.74, 6) is -0.0419. The maximum absolute atomic E-state index is 11.8. The van der Waals surface area contributed by atoms with Crippen molar-refractivity contribution in [3.05, 3.63) is 59.9 Å². The molecule has 0 aliphatic rings. The molecule has 0 fully saturated rings. The molecule has 1 heterocycles. The van der Waals surface area contributed by atoms with Crippen molar-refractivity contribution in [1.82, 2.24) is 4.98 Å². The zero-order valence-corrected chi connectivity index (χ0v) is 10.8. The number of amides is 1. The van der Waals surface area contributed by atoms with E-state index in [1.807, 2.05) is 31.2 Å². The summed E-state index contributed by atoms with van der Waals surface area (Å²) in [4.78, 5) is 15.7. The molecular formula is C15H17N3O. The summed E-state index contributed by atoms with van der Waals surface area (Å²) in [5.41, 5.74) is 8.58. The Hall–Kier alpha value is -2.20. The number of pyridine rings is 1. The van der Waals surface area contributed by atoms with E-state index in [0.29, 0.717) is 6.42 Å². The van der Waals surface area contributed by atoms with Crippen LogP contribution in [0.3, 0.4) is 0 Å². The lowest BCUT2D eigenvalue weighted by molar-refractivity contribution is -0.115. The average molecular weight is 255 g/mol. The number of aromatic nitrogens is 1. The van der Waals surface area contributed by atoms with Crippen molar-refractivity contribution in [2.45, 2.75) is 19.4 Å². The van der Waals surface area contributed by atoms with Crippen LogP contribution < -0.4 is 11.1 Å². The number of nitrogens with two attached hydrogens (primary N) is 1. The largest absolute Gasteiger partial charge is 0.326 e. The second-order valence-electron chi connectivity index (χ2n) is 4.49. The molecule has 0 unspecified atom stereocenters. The van der Waals surface area contributed by atoms with Crippen molar-refractivity contribution in [3.63, 3.8) is 0 Å². The summed E-state index contributed by atoms with van der Waals surface area (Å²) >= 11 is 0. The van der Waals surface area contributed by atoms with Gasteiger partial charge in [-0.3, -0.25) is 9.78 Å². The van der Waals surface area contributed by atoms with Gasteiger partial charge in [0.1, 0.15) is 0 Å². The fourth-order valence-electron chi connectivity index (χ4n) is 1.76. The highest BCUT2D eigenvalue weighted by Gasteiger charge is 2.05. The third-order valence-corrected chi connectivity index (χ3v) is 2.83. The molecule has 19 heavy (non-hydrogen) atoms. The van der Waals surface area contributed by atoms with Gasteiger partial charge in [-0.1, -0.05) is 24.3 Å². The second-order valence-corrected chi connectivity index (χ2v) is 4.49. The molecule has 0 bridgehead atoms. The summed E-state index contributed by atoms with van der Waals surface area (Å²) in [6.07, 6.45) is 3.64. The topological polar surface area (TPSA) is 68.0 Å². The van der Waals surface area contributed by atoms with Gasteiger partial charge >= 0.3 is 0 Å². The molecule has 98 valence electrons. The molecule has 1 aromatic heterocycles. The van der Waals surface area contributed by atoms with Crippen LogP contribution in [0.25, 0.3) is 0 Å². The number of rotatable bonds is 4. The third-order valence-electron chi connectivity index (χ3n) is 2.83. The van der Waals surface area contributed by atoms with Crippen LogP contribution in [0.15, 0.2) is 48.8 Å². The number of hydrogen-bond acceptors (Lipinski definition) is 3. The first-order valence-corrected chi connectivity index (χ1v) is 6.19. The van der Waals surface area contributed by atoms with Crippen LogP contribution in [0, 0.1) is 0 Å². The molecule has 1 amide bonds. The molecule has 4 nitrogen and oxygen atoms in total. The molecule has 0 saturated heterocycles. The quantitative estimate of drug-likeness (QED) is 0.880. The summed E-state index contributed by atoms with van der Waals surface area (Å²) in [5, 5.41) is 2.82. The van der Waals surface area contributed by atoms with E-state index in [1.165, 1.54) is 0 Å². The Kier molecular flexibility index (Phi) is 4.26. The molecule has 0 saturated carbocycles. The highest BCUT2D eigenvalue weighted by atomic mass is 16.1. The van der Waals surface area contributed by atoms with Crippen LogP contribution in [-0.2, 0) is 11.2 Å². The predicted octanol–water partition coefficient (Wildman–Crippen LogP) is 2.28. The van der Waals surface area contributed by atoms with Gasteiger partial charge < -0.3 is 11.1 Å². The van der Waals surface area contributed by atoms with E-state index in [2.05, 4.69) is 10.3 Å². The second kappa shape index (κ2) is 6.11. The minimum atomic E-state index is -0.0419. The van der Waals surface area contributed by atoms with E-state index < -0.39 is 0 Å². The van der Waals surface area contributed by atoms with Gasteiger partial charge in [0, 0.05) is 24.1 Å². The van der Waals surface area contributed by atoms with Crippen molar-refractivity contribution in [2.24, 2.45) is 5.73 Å².